The van der Waals surface area contributed by atoms with Crippen molar-refractivity contribution in [1.82, 2.24) is 9.55 Å². The first kappa shape index (κ1) is 16.4. The lowest BCUT2D eigenvalue weighted by atomic mass is 10.1. The van der Waals surface area contributed by atoms with Gasteiger partial charge < -0.3 is 5.11 Å². The van der Waals surface area contributed by atoms with Crippen molar-refractivity contribution in [2.75, 3.05) is 5.75 Å². The second-order valence-electron chi connectivity index (χ2n) is 4.73. The molecule has 0 spiro atoms. The highest BCUT2D eigenvalue weighted by Crippen LogP contribution is 2.32. The van der Waals surface area contributed by atoms with E-state index in [9.17, 15) is 4.79 Å². The fourth-order valence-electron chi connectivity index (χ4n) is 1.88. The van der Waals surface area contributed by atoms with Gasteiger partial charge >= 0.3 is 5.97 Å². The molecular weight excluding hydrogens is 376 g/mol. The number of nitrogens with zero attached hydrogens (tertiary/aromatic N) is 2. The van der Waals surface area contributed by atoms with Gasteiger partial charge in [0.15, 0.2) is 5.16 Å². The van der Waals surface area contributed by atoms with E-state index in [1.807, 2.05) is 16.7 Å². The summed E-state index contributed by atoms with van der Waals surface area (Å²) in [6.07, 6.45) is 1.77. The van der Waals surface area contributed by atoms with Gasteiger partial charge in [-0.15, -0.1) is 0 Å². The lowest BCUT2D eigenvalue weighted by molar-refractivity contribution is -0.133. The first-order valence-electron chi connectivity index (χ1n) is 6.27. The summed E-state index contributed by atoms with van der Waals surface area (Å²) in [5, 5.41) is 10.1. The number of imidazole rings is 1. The first-order chi connectivity index (χ1) is 9.90. The normalized spacial score (nSPS) is 11.1. The largest absolute Gasteiger partial charge is 0.481 e. The van der Waals surface area contributed by atoms with Crippen LogP contribution >= 0.6 is 39.3 Å². The average Bonchev–Trinajstić information content (AvgIpc) is 2.83. The van der Waals surface area contributed by atoms with E-state index >= 15 is 0 Å². The van der Waals surface area contributed by atoms with Crippen LogP contribution in [0.15, 0.2) is 34.0 Å². The molecule has 21 heavy (non-hydrogen) atoms. The zero-order valence-electron chi connectivity index (χ0n) is 11.5. The van der Waals surface area contributed by atoms with Crippen LogP contribution in [0.4, 0.5) is 0 Å². The van der Waals surface area contributed by atoms with Crippen molar-refractivity contribution in [2.24, 2.45) is 0 Å². The molecule has 2 rings (SSSR count). The van der Waals surface area contributed by atoms with Crippen LogP contribution in [0.3, 0.4) is 0 Å². The molecule has 1 aromatic heterocycles. The van der Waals surface area contributed by atoms with Crippen molar-refractivity contribution in [2.45, 2.75) is 24.9 Å². The summed E-state index contributed by atoms with van der Waals surface area (Å²) in [5.74, 6) is -0.673. The van der Waals surface area contributed by atoms with Crippen molar-refractivity contribution in [3.8, 4) is 5.69 Å². The van der Waals surface area contributed by atoms with Crippen molar-refractivity contribution in [3.63, 3.8) is 0 Å². The van der Waals surface area contributed by atoms with Crippen LogP contribution in [0.1, 0.15) is 25.5 Å². The smallest absolute Gasteiger partial charge is 0.313 e. The number of hydrogen-bond acceptors (Lipinski definition) is 3. The van der Waals surface area contributed by atoms with Crippen LogP contribution in [0.2, 0.25) is 5.02 Å². The number of thioether (sulfide) groups is 1. The molecule has 112 valence electrons. The molecular formula is C14H14BrClN2O2S. The highest BCUT2D eigenvalue weighted by Gasteiger charge is 2.18. The van der Waals surface area contributed by atoms with E-state index in [2.05, 4.69) is 34.8 Å². The third-order valence-corrected chi connectivity index (χ3v) is 4.57. The Balaban J connectivity index is 2.55. The molecule has 0 aliphatic rings. The van der Waals surface area contributed by atoms with Gasteiger partial charge in [0.1, 0.15) is 0 Å². The van der Waals surface area contributed by atoms with E-state index in [0.717, 1.165) is 15.9 Å². The topological polar surface area (TPSA) is 55.1 Å². The molecule has 1 aromatic carbocycles. The molecule has 4 nitrogen and oxygen atoms in total. The summed E-state index contributed by atoms with van der Waals surface area (Å²) >= 11 is 10.9. The predicted molar refractivity (Wildman–Crippen MR) is 88.7 cm³/mol. The van der Waals surface area contributed by atoms with E-state index in [-0.39, 0.29) is 11.7 Å². The van der Waals surface area contributed by atoms with Crippen LogP contribution in [-0.4, -0.2) is 26.4 Å². The highest BCUT2D eigenvalue weighted by atomic mass is 79.9. The molecule has 0 radical (unpaired) electrons. The third-order valence-electron chi connectivity index (χ3n) is 2.82. The van der Waals surface area contributed by atoms with E-state index in [0.29, 0.717) is 10.2 Å². The summed E-state index contributed by atoms with van der Waals surface area (Å²) in [5.41, 5.74) is 1.78. The lowest BCUT2D eigenvalue weighted by Crippen LogP contribution is -2.06. The van der Waals surface area contributed by atoms with Crippen molar-refractivity contribution in [3.05, 3.63) is 39.6 Å². The van der Waals surface area contributed by atoms with E-state index < -0.39 is 5.97 Å². The van der Waals surface area contributed by atoms with Gasteiger partial charge in [-0.25, -0.2) is 4.98 Å². The maximum atomic E-state index is 10.8. The fraction of sp³-hybridized carbons (Fsp3) is 0.286. The molecule has 0 fully saturated rings. The Morgan fingerprint density at radius 2 is 2.24 bits per heavy atom. The van der Waals surface area contributed by atoms with E-state index in [1.165, 1.54) is 11.8 Å². The quantitative estimate of drug-likeness (QED) is 0.760. The summed E-state index contributed by atoms with van der Waals surface area (Å²) in [6.45, 7) is 4.12. The SMILES string of the molecule is CC(C)c1cnc(SCC(=O)O)n1-c1cc(Br)ccc1Cl. The second kappa shape index (κ2) is 6.85. The molecule has 2 aromatic rings. The van der Waals surface area contributed by atoms with Gasteiger partial charge in [0.05, 0.1) is 22.7 Å². The zero-order chi connectivity index (χ0) is 15.6. The molecule has 0 amide bonds. The van der Waals surface area contributed by atoms with Gasteiger partial charge in [0.2, 0.25) is 0 Å². The Morgan fingerprint density at radius 3 is 2.86 bits per heavy atom. The zero-order valence-corrected chi connectivity index (χ0v) is 14.7. The average molecular weight is 390 g/mol. The molecule has 1 heterocycles. The molecule has 0 saturated carbocycles. The maximum Gasteiger partial charge on any atom is 0.313 e. The van der Waals surface area contributed by atoms with Gasteiger partial charge in [-0.2, -0.15) is 0 Å². The summed E-state index contributed by atoms with van der Waals surface area (Å²) in [4.78, 5) is 15.1. The maximum absolute atomic E-state index is 10.8. The number of aliphatic carboxylic acids is 1. The van der Waals surface area contributed by atoms with Crippen LogP contribution < -0.4 is 0 Å². The van der Waals surface area contributed by atoms with Crippen LogP contribution in [0.5, 0.6) is 0 Å². The second-order valence-corrected chi connectivity index (χ2v) is 7.00. The molecule has 0 atom stereocenters. The number of carboxylic acids is 1. The van der Waals surface area contributed by atoms with Crippen molar-refractivity contribution < 1.29 is 9.90 Å². The predicted octanol–water partition coefficient (Wildman–Crippen LogP) is 4.59. The molecule has 0 saturated heterocycles. The number of carbonyl (C=O) groups is 1. The fourth-order valence-corrected chi connectivity index (χ4v) is 3.15. The Kier molecular flexibility index (Phi) is 5.35. The summed E-state index contributed by atoms with van der Waals surface area (Å²) < 4.78 is 2.82. The molecule has 7 heteroatoms. The highest BCUT2D eigenvalue weighted by molar-refractivity contribution is 9.10. The standard InChI is InChI=1S/C14H14BrClN2O2S/c1-8(2)12-6-17-14(21-7-13(19)20)18(12)11-5-9(15)3-4-10(11)16/h3-6,8H,7H2,1-2H3,(H,19,20). The Bertz CT molecular complexity index is 673. The third kappa shape index (κ3) is 3.81. The minimum absolute atomic E-state index is 0.0415. The number of rotatable bonds is 5. The van der Waals surface area contributed by atoms with Gasteiger partial charge in [-0.05, 0) is 24.1 Å². The van der Waals surface area contributed by atoms with Gasteiger partial charge in [0, 0.05) is 10.2 Å². The van der Waals surface area contributed by atoms with Crippen molar-refractivity contribution in [1.29, 1.82) is 0 Å². The van der Waals surface area contributed by atoms with Gasteiger partial charge in [0.25, 0.3) is 0 Å². The number of aromatic nitrogens is 2. The molecule has 0 aliphatic carbocycles. The van der Waals surface area contributed by atoms with Crippen LogP contribution in [0, 0.1) is 0 Å². The minimum Gasteiger partial charge on any atom is -0.481 e. The Labute approximate surface area is 140 Å². The number of benzene rings is 1. The minimum atomic E-state index is -0.874. The van der Waals surface area contributed by atoms with Crippen LogP contribution in [-0.2, 0) is 4.79 Å². The molecule has 0 bridgehead atoms. The number of hydrogen-bond donors (Lipinski definition) is 1. The van der Waals surface area contributed by atoms with E-state index in [1.54, 1.807) is 12.3 Å². The Hall–Kier alpha value is -0.980. The lowest BCUT2D eigenvalue weighted by Gasteiger charge is -2.15. The van der Waals surface area contributed by atoms with Gasteiger partial charge in [-0.1, -0.05) is 53.1 Å². The van der Waals surface area contributed by atoms with Gasteiger partial charge in [-0.3, -0.25) is 9.36 Å². The number of carboxylic acid groups (broad SMARTS) is 1. The molecule has 1 N–H and O–H groups in total. The Morgan fingerprint density at radius 1 is 1.52 bits per heavy atom. The summed E-state index contributed by atoms with van der Waals surface area (Å²) in [6, 6.07) is 5.57. The molecule has 0 aliphatic heterocycles. The monoisotopic (exact) mass is 388 g/mol. The first-order valence-corrected chi connectivity index (χ1v) is 8.43. The number of halogens is 2. The van der Waals surface area contributed by atoms with Crippen LogP contribution in [0.25, 0.3) is 5.69 Å². The summed E-state index contributed by atoms with van der Waals surface area (Å²) in [7, 11) is 0. The van der Waals surface area contributed by atoms with E-state index in [4.69, 9.17) is 16.7 Å². The van der Waals surface area contributed by atoms with Crippen molar-refractivity contribution >= 4 is 45.3 Å². The molecule has 0 unspecified atom stereocenters.